The van der Waals surface area contributed by atoms with Crippen LogP contribution in [0.25, 0.3) is 10.6 Å². The van der Waals surface area contributed by atoms with Gasteiger partial charge in [0.25, 0.3) is 5.91 Å². The lowest BCUT2D eigenvalue weighted by Crippen LogP contribution is -2.47. The van der Waals surface area contributed by atoms with Gasteiger partial charge in [-0.15, -0.1) is 11.3 Å². The number of carboxylic acid groups (broad SMARTS) is 1. The quantitative estimate of drug-likeness (QED) is 0.448. The van der Waals surface area contributed by atoms with Gasteiger partial charge in [-0.25, -0.2) is 19.7 Å². The molecule has 0 spiro atoms. The Hall–Kier alpha value is -3.78. The number of nitrogens with one attached hydrogen (secondary N) is 1. The standard InChI is InChI=1S/C24H24F3N5O5S/c1-13-8-28-21(38-13)16-5-15(6-18(7-16)37-12-19-11-32(23(34)35)3-4-36-19)20(33)31-14(2)17-9-29-22(30-10-17)24(25,26)27/h5-10,14,19H,3-4,11-12H2,1-2H3,(H,31,33)(H,34,35)/t14?,19-/m0/s1. The average Bonchev–Trinajstić information content (AvgIpc) is 3.33. The molecule has 0 radical (unpaired) electrons. The summed E-state index contributed by atoms with van der Waals surface area (Å²) in [7, 11) is 0. The van der Waals surface area contributed by atoms with Crippen LogP contribution >= 0.6 is 11.3 Å². The van der Waals surface area contributed by atoms with E-state index in [0.29, 0.717) is 21.9 Å². The Bertz CT molecular complexity index is 1300. The number of benzene rings is 1. The number of ether oxygens (including phenoxy) is 2. The van der Waals surface area contributed by atoms with E-state index in [0.717, 1.165) is 17.3 Å². The van der Waals surface area contributed by atoms with Gasteiger partial charge in [0, 0.05) is 46.7 Å². The summed E-state index contributed by atoms with van der Waals surface area (Å²) >= 11 is 1.43. The second-order valence-corrected chi connectivity index (χ2v) is 9.82. The smallest absolute Gasteiger partial charge is 0.451 e. The number of nitrogens with zero attached hydrogens (tertiary/aromatic N) is 4. The summed E-state index contributed by atoms with van der Waals surface area (Å²) < 4.78 is 49.8. The fourth-order valence-electron chi connectivity index (χ4n) is 3.68. The Kier molecular flexibility index (Phi) is 8.11. The molecule has 1 saturated heterocycles. The first kappa shape index (κ1) is 27.3. The fourth-order valence-corrected chi connectivity index (χ4v) is 4.43. The van der Waals surface area contributed by atoms with Gasteiger partial charge in [0.15, 0.2) is 0 Å². The Morgan fingerprint density at radius 2 is 1.97 bits per heavy atom. The van der Waals surface area contributed by atoms with Gasteiger partial charge in [0.1, 0.15) is 23.5 Å². The van der Waals surface area contributed by atoms with Crippen LogP contribution < -0.4 is 10.1 Å². The zero-order valence-corrected chi connectivity index (χ0v) is 21.2. The third kappa shape index (κ3) is 6.75. The summed E-state index contributed by atoms with van der Waals surface area (Å²) in [6.45, 7) is 4.24. The number of hydrogen-bond donors (Lipinski definition) is 2. The van der Waals surface area contributed by atoms with Gasteiger partial charge in [-0.3, -0.25) is 4.79 Å². The molecule has 2 atom stereocenters. The molecule has 1 unspecified atom stereocenters. The number of thiazole rings is 1. The van der Waals surface area contributed by atoms with Crippen LogP contribution in [0.4, 0.5) is 18.0 Å². The highest BCUT2D eigenvalue weighted by Crippen LogP contribution is 2.30. The molecule has 1 aliphatic rings. The first-order valence-electron chi connectivity index (χ1n) is 11.5. The molecule has 1 fully saturated rings. The van der Waals surface area contributed by atoms with E-state index in [1.807, 2.05) is 6.92 Å². The third-order valence-electron chi connectivity index (χ3n) is 5.66. The number of carbonyl (C=O) groups excluding carboxylic acids is 1. The molecule has 38 heavy (non-hydrogen) atoms. The van der Waals surface area contributed by atoms with E-state index in [9.17, 15) is 27.9 Å². The minimum absolute atomic E-state index is 0.0600. The van der Waals surface area contributed by atoms with Crippen LogP contribution in [0.5, 0.6) is 5.75 Å². The molecule has 0 saturated carbocycles. The Labute approximate surface area is 219 Å². The van der Waals surface area contributed by atoms with E-state index in [2.05, 4.69) is 20.3 Å². The summed E-state index contributed by atoms with van der Waals surface area (Å²) in [5.41, 5.74) is 1.17. The average molecular weight is 552 g/mol. The molecule has 3 heterocycles. The topological polar surface area (TPSA) is 127 Å². The zero-order valence-electron chi connectivity index (χ0n) is 20.4. The summed E-state index contributed by atoms with van der Waals surface area (Å²) in [6, 6.07) is 4.20. The maximum absolute atomic E-state index is 13.1. The van der Waals surface area contributed by atoms with Crippen LogP contribution in [0.2, 0.25) is 0 Å². The molecule has 0 bridgehead atoms. The SMILES string of the molecule is Cc1cnc(-c2cc(OC[C@@H]3CN(C(=O)O)CCO3)cc(C(=O)NC(C)c3cnc(C(F)(F)F)nc3)c2)s1. The van der Waals surface area contributed by atoms with Crippen LogP contribution in [0, 0.1) is 6.92 Å². The minimum Gasteiger partial charge on any atom is -0.491 e. The normalized spacial score (nSPS) is 16.7. The first-order valence-corrected chi connectivity index (χ1v) is 12.3. The van der Waals surface area contributed by atoms with E-state index in [-0.39, 0.29) is 31.9 Å². The summed E-state index contributed by atoms with van der Waals surface area (Å²) in [6.07, 6.45) is -2.43. The van der Waals surface area contributed by atoms with Crippen molar-refractivity contribution >= 4 is 23.3 Å². The highest BCUT2D eigenvalue weighted by atomic mass is 32.1. The van der Waals surface area contributed by atoms with Crippen LogP contribution in [-0.4, -0.2) is 69.4 Å². The number of aromatic nitrogens is 3. The first-order chi connectivity index (χ1) is 18.0. The van der Waals surface area contributed by atoms with Crippen molar-refractivity contribution in [1.82, 2.24) is 25.2 Å². The molecule has 1 aromatic carbocycles. The molecule has 2 N–H and O–H groups in total. The lowest BCUT2D eigenvalue weighted by molar-refractivity contribution is -0.145. The lowest BCUT2D eigenvalue weighted by Gasteiger charge is -2.30. The van der Waals surface area contributed by atoms with Gasteiger partial charge in [-0.2, -0.15) is 13.2 Å². The van der Waals surface area contributed by atoms with E-state index < -0.39 is 36.1 Å². The van der Waals surface area contributed by atoms with Crippen LogP contribution in [0.1, 0.15) is 39.6 Å². The summed E-state index contributed by atoms with van der Waals surface area (Å²) in [4.78, 5) is 37.7. The molecular weight excluding hydrogens is 527 g/mol. The second kappa shape index (κ2) is 11.3. The molecule has 2 aromatic heterocycles. The predicted octanol–water partition coefficient (Wildman–Crippen LogP) is 4.18. The van der Waals surface area contributed by atoms with Crippen molar-refractivity contribution in [2.45, 2.75) is 32.2 Å². The molecule has 1 aliphatic heterocycles. The highest BCUT2D eigenvalue weighted by Gasteiger charge is 2.34. The van der Waals surface area contributed by atoms with Crippen LogP contribution in [-0.2, 0) is 10.9 Å². The van der Waals surface area contributed by atoms with E-state index in [4.69, 9.17) is 9.47 Å². The van der Waals surface area contributed by atoms with Gasteiger partial charge >= 0.3 is 12.3 Å². The largest absolute Gasteiger partial charge is 0.491 e. The molecule has 2 amide bonds. The number of hydrogen-bond acceptors (Lipinski definition) is 8. The second-order valence-electron chi connectivity index (χ2n) is 8.59. The fraction of sp³-hybridized carbons (Fsp3) is 0.375. The van der Waals surface area contributed by atoms with Crippen LogP contribution in [0.3, 0.4) is 0 Å². The van der Waals surface area contributed by atoms with E-state index in [1.54, 1.807) is 25.3 Å². The molecule has 202 valence electrons. The maximum atomic E-state index is 13.1. The maximum Gasteiger partial charge on any atom is 0.451 e. The number of halogens is 3. The van der Waals surface area contributed by atoms with Crippen molar-refractivity contribution in [3.05, 3.63) is 58.6 Å². The van der Waals surface area contributed by atoms with Crippen molar-refractivity contribution in [2.24, 2.45) is 0 Å². The van der Waals surface area contributed by atoms with Gasteiger partial charge in [-0.1, -0.05) is 0 Å². The van der Waals surface area contributed by atoms with Crippen LogP contribution in [0.15, 0.2) is 36.8 Å². The minimum atomic E-state index is -4.66. The van der Waals surface area contributed by atoms with Crippen molar-refractivity contribution in [3.8, 4) is 16.3 Å². The van der Waals surface area contributed by atoms with Gasteiger partial charge in [-0.05, 0) is 32.0 Å². The zero-order chi connectivity index (χ0) is 27.4. The Morgan fingerprint density at radius 3 is 2.61 bits per heavy atom. The Morgan fingerprint density at radius 1 is 1.24 bits per heavy atom. The highest BCUT2D eigenvalue weighted by molar-refractivity contribution is 7.14. The predicted molar refractivity (Wildman–Crippen MR) is 130 cm³/mol. The van der Waals surface area contributed by atoms with Crippen molar-refractivity contribution < 1.29 is 37.3 Å². The molecule has 0 aliphatic carbocycles. The molecule has 10 nitrogen and oxygen atoms in total. The number of carbonyl (C=O) groups is 2. The lowest BCUT2D eigenvalue weighted by atomic mass is 10.1. The number of amides is 2. The number of rotatable bonds is 7. The molecule has 3 aromatic rings. The van der Waals surface area contributed by atoms with Crippen molar-refractivity contribution in [3.63, 3.8) is 0 Å². The van der Waals surface area contributed by atoms with Gasteiger partial charge in [0.2, 0.25) is 5.82 Å². The van der Waals surface area contributed by atoms with E-state index >= 15 is 0 Å². The van der Waals surface area contributed by atoms with Gasteiger partial charge < -0.3 is 24.8 Å². The summed E-state index contributed by atoms with van der Waals surface area (Å²) in [5, 5.41) is 12.6. The van der Waals surface area contributed by atoms with E-state index in [1.165, 1.54) is 22.3 Å². The monoisotopic (exact) mass is 551 g/mol. The number of alkyl halides is 3. The molecule has 14 heteroatoms. The number of aryl methyl sites for hydroxylation is 1. The van der Waals surface area contributed by atoms with Gasteiger partial charge in [0.05, 0.1) is 19.2 Å². The van der Waals surface area contributed by atoms with Crippen molar-refractivity contribution in [1.29, 1.82) is 0 Å². The number of morpholine rings is 1. The molecular formula is C24H24F3N5O5S. The Balaban J connectivity index is 1.52. The third-order valence-corrected chi connectivity index (χ3v) is 6.62. The molecule has 4 rings (SSSR count). The van der Waals surface area contributed by atoms with Crippen molar-refractivity contribution in [2.75, 3.05) is 26.3 Å². The summed E-state index contributed by atoms with van der Waals surface area (Å²) in [5.74, 6) is -1.41.